The van der Waals surface area contributed by atoms with Gasteiger partial charge in [0.05, 0.1) is 17.1 Å². The van der Waals surface area contributed by atoms with E-state index in [1.54, 1.807) is 35.9 Å². The molecule has 1 aromatic carbocycles. The summed E-state index contributed by atoms with van der Waals surface area (Å²) in [7, 11) is 0. The lowest BCUT2D eigenvalue weighted by atomic mass is 10.1. The molecule has 21 heavy (non-hydrogen) atoms. The van der Waals surface area contributed by atoms with Crippen molar-refractivity contribution in [2.75, 3.05) is 11.1 Å². The average Bonchev–Trinajstić information content (AvgIpc) is 2.66. The molecule has 0 aliphatic heterocycles. The van der Waals surface area contributed by atoms with E-state index in [9.17, 15) is 9.59 Å². The molecule has 0 unspecified atom stereocenters. The van der Waals surface area contributed by atoms with Gasteiger partial charge in [0.25, 0.3) is 0 Å². The maximum Gasteiger partial charge on any atom is 0.246 e. The summed E-state index contributed by atoms with van der Waals surface area (Å²) in [5, 5.41) is 6.96. The minimum absolute atomic E-state index is 0.0441. The van der Waals surface area contributed by atoms with E-state index in [-0.39, 0.29) is 18.2 Å². The van der Waals surface area contributed by atoms with Crippen LogP contribution in [-0.2, 0) is 11.3 Å². The third-order valence-corrected chi connectivity index (χ3v) is 3.28. The van der Waals surface area contributed by atoms with Crippen molar-refractivity contribution in [3.63, 3.8) is 0 Å². The molecule has 6 nitrogen and oxygen atoms in total. The van der Waals surface area contributed by atoms with E-state index in [4.69, 9.17) is 5.73 Å². The maximum absolute atomic E-state index is 12.0. The number of benzene rings is 1. The Labute approximate surface area is 122 Å². The van der Waals surface area contributed by atoms with Crippen molar-refractivity contribution >= 4 is 23.1 Å². The highest BCUT2D eigenvalue weighted by Crippen LogP contribution is 2.15. The summed E-state index contributed by atoms with van der Waals surface area (Å²) in [6, 6.07) is 6.82. The molecule has 0 aliphatic carbocycles. The van der Waals surface area contributed by atoms with Gasteiger partial charge in [-0.3, -0.25) is 14.3 Å². The number of Topliss-reactive ketones (excluding diaryl/α,β-unsaturated/α-hetero) is 1. The molecular weight excluding hydrogens is 268 g/mol. The van der Waals surface area contributed by atoms with Crippen molar-refractivity contribution in [1.29, 1.82) is 0 Å². The quantitative estimate of drug-likeness (QED) is 0.840. The van der Waals surface area contributed by atoms with E-state index in [2.05, 4.69) is 10.4 Å². The molecule has 0 aliphatic rings. The second-order valence-electron chi connectivity index (χ2n) is 4.93. The van der Waals surface area contributed by atoms with Gasteiger partial charge in [-0.15, -0.1) is 0 Å². The van der Waals surface area contributed by atoms with E-state index < -0.39 is 0 Å². The number of nitrogens with zero attached hydrogens (tertiary/aromatic N) is 2. The van der Waals surface area contributed by atoms with Crippen molar-refractivity contribution < 1.29 is 9.59 Å². The fourth-order valence-electron chi connectivity index (χ4n) is 2.02. The zero-order chi connectivity index (χ0) is 15.6. The Morgan fingerprint density at radius 1 is 1.33 bits per heavy atom. The van der Waals surface area contributed by atoms with Crippen molar-refractivity contribution in [2.24, 2.45) is 0 Å². The van der Waals surface area contributed by atoms with Crippen LogP contribution in [0.1, 0.15) is 28.7 Å². The van der Waals surface area contributed by atoms with E-state index in [1.807, 2.05) is 6.92 Å². The first-order chi connectivity index (χ1) is 9.88. The zero-order valence-electron chi connectivity index (χ0n) is 12.3. The van der Waals surface area contributed by atoms with Crippen LogP contribution in [0.2, 0.25) is 0 Å². The highest BCUT2D eigenvalue weighted by atomic mass is 16.2. The highest BCUT2D eigenvalue weighted by Gasteiger charge is 2.12. The van der Waals surface area contributed by atoms with Gasteiger partial charge in [-0.1, -0.05) is 12.1 Å². The van der Waals surface area contributed by atoms with Crippen molar-refractivity contribution in [3.8, 4) is 0 Å². The summed E-state index contributed by atoms with van der Waals surface area (Å²) in [4.78, 5) is 23.4. The van der Waals surface area contributed by atoms with Crippen LogP contribution in [0.5, 0.6) is 0 Å². The molecule has 110 valence electrons. The van der Waals surface area contributed by atoms with Crippen LogP contribution in [0.4, 0.5) is 11.4 Å². The lowest BCUT2D eigenvalue weighted by molar-refractivity contribution is -0.116. The SMILES string of the molecule is CC(=O)c1cccc(NC(=O)Cn2nc(C)c(N)c2C)c1. The monoisotopic (exact) mass is 286 g/mol. The predicted octanol–water partition coefficient (Wildman–Crippen LogP) is 1.92. The lowest BCUT2D eigenvalue weighted by Gasteiger charge is -2.07. The Balaban J connectivity index is 2.10. The summed E-state index contributed by atoms with van der Waals surface area (Å²) in [6.45, 7) is 5.18. The number of nitrogens with one attached hydrogen (secondary N) is 1. The molecule has 1 heterocycles. The normalized spacial score (nSPS) is 10.4. The molecule has 2 rings (SSSR count). The van der Waals surface area contributed by atoms with Crippen LogP contribution in [0.25, 0.3) is 0 Å². The zero-order valence-corrected chi connectivity index (χ0v) is 12.3. The molecule has 0 atom stereocenters. The molecule has 2 aromatic rings. The number of aromatic nitrogens is 2. The summed E-state index contributed by atoms with van der Waals surface area (Å²) >= 11 is 0. The molecular formula is C15H18N4O2. The van der Waals surface area contributed by atoms with Gasteiger partial charge < -0.3 is 11.1 Å². The Kier molecular flexibility index (Phi) is 4.07. The summed E-state index contributed by atoms with van der Waals surface area (Å²) in [5.74, 6) is -0.265. The van der Waals surface area contributed by atoms with Crippen LogP contribution < -0.4 is 11.1 Å². The Morgan fingerprint density at radius 3 is 2.62 bits per heavy atom. The number of ketones is 1. The Bertz CT molecular complexity index is 704. The largest absolute Gasteiger partial charge is 0.396 e. The standard InChI is InChI=1S/C15H18N4O2/c1-9-15(16)10(2)19(18-9)8-14(21)17-13-6-4-5-12(7-13)11(3)20/h4-7H,8,16H2,1-3H3,(H,17,21). The van der Waals surface area contributed by atoms with Gasteiger partial charge in [0, 0.05) is 11.3 Å². The second kappa shape index (κ2) is 5.78. The number of anilines is 2. The van der Waals surface area contributed by atoms with E-state index >= 15 is 0 Å². The first-order valence-electron chi connectivity index (χ1n) is 6.59. The summed E-state index contributed by atoms with van der Waals surface area (Å²) in [6.07, 6.45) is 0. The summed E-state index contributed by atoms with van der Waals surface area (Å²) in [5.41, 5.74) is 9.05. The first kappa shape index (κ1) is 14.8. The average molecular weight is 286 g/mol. The number of nitrogens with two attached hydrogens (primary N) is 1. The molecule has 1 aromatic heterocycles. The third kappa shape index (κ3) is 3.28. The van der Waals surface area contributed by atoms with E-state index in [1.165, 1.54) is 6.92 Å². The second-order valence-corrected chi connectivity index (χ2v) is 4.93. The number of rotatable bonds is 4. The van der Waals surface area contributed by atoms with E-state index in [0.29, 0.717) is 22.6 Å². The Morgan fingerprint density at radius 2 is 2.05 bits per heavy atom. The smallest absolute Gasteiger partial charge is 0.246 e. The number of amides is 1. The topological polar surface area (TPSA) is 90.0 Å². The lowest BCUT2D eigenvalue weighted by Crippen LogP contribution is -2.20. The van der Waals surface area contributed by atoms with Crippen LogP contribution in [0, 0.1) is 13.8 Å². The fraction of sp³-hybridized carbons (Fsp3) is 0.267. The molecule has 0 fully saturated rings. The van der Waals surface area contributed by atoms with Crippen LogP contribution >= 0.6 is 0 Å². The molecule has 0 bridgehead atoms. The van der Waals surface area contributed by atoms with Crippen LogP contribution in [0.3, 0.4) is 0 Å². The van der Waals surface area contributed by atoms with Gasteiger partial charge in [-0.25, -0.2) is 0 Å². The van der Waals surface area contributed by atoms with Gasteiger partial charge >= 0.3 is 0 Å². The van der Waals surface area contributed by atoms with Crippen LogP contribution in [0.15, 0.2) is 24.3 Å². The minimum atomic E-state index is -0.221. The number of nitrogen functional groups attached to an aromatic ring is 1. The fourth-order valence-corrected chi connectivity index (χ4v) is 2.02. The number of carbonyl (C=O) groups excluding carboxylic acids is 2. The van der Waals surface area contributed by atoms with Gasteiger partial charge in [0.15, 0.2) is 5.78 Å². The number of hydrogen-bond donors (Lipinski definition) is 2. The predicted molar refractivity (Wildman–Crippen MR) is 81.2 cm³/mol. The molecule has 3 N–H and O–H groups in total. The van der Waals surface area contributed by atoms with Crippen molar-refractivity contribution in [2.45, 2.75) is 27.3 Å². The van der Waals surface area contributed by atoms with Crippen molar-refractivity contribution in [3.05, 3.63) is 41.2 Å². The maximum atomic E-state index is 12.0. The number of carbonyl (C=O) groups is 2. The highest BCUT2D eigenvalue weighted by molar-refractivity contribution is 5.97. The van der Waals surface area contributed by atoms with Crippen LogP contribution in [-0.4, -0.2) is 21.5 Å². The summed E-state index contributed by atoms with van der Waals surface area (Å²) < 4.78 is 1.56. The molecule has 0 saturated carbocycles. The molecule has 0 saturated heterocycles. The minimum Gasteiger partial charge on any atom is -0.396 e. The molecule has 6 heteroatoms. The number of aryl methyl sites for hydroxylation is 1. The van der Waals surface area contributed by atoms with Crippen molar-refractivity contribution in [1.82, 2.24) is 9.78 Å². The molecule has 0 radical (unpaired) electrons. The first-order valence-corrected chi connectivity index (χ1v) is 6.59. The van der Waals surface area contributed by atoms with Gasteiger partial charge in [0.1, 0.15) is 6.54 Å². The number of hydrogen-bond acceptors (Lipinski definition) is 4. The van der Waals surface area contributed by atoms with Gasteiger partial charge in [-0.2, -0.15) is 5.10 Å². The Hall–Kier alpha value is -2.63. The van der Waals surface area contributed by atoms with Gasteiger partial charge in [-0.05, 0) is 32.9 Å². The van der Waals surface area contributed by atoms with E-state index in [0.717, 1.165) is 5.69 Å². The van der Waals surface area contributed by atoms with Gasteiger partial charge in [0.2, 0.25) is 5.91 Å². The third-order valence-electron chi connectivity index (χ3n) is 3.28. The molecule has 1 amide bonds. The molecule has 0 spiro atoms.